The monoisotopic (exact) mass is 201 g/mol. The largest absolute Gasteiger partial charge is 0.330 e. The predicted octanol–water partition coefficient (Wildman–Crippen LogP) is 1.71. The van der Waals surface area contributed by atoms with Gasteiger partial charge in [0.25, 0.3) is 0 Å². The van der Waals surface area contributed by atoms with Crippen molar-refractivity contribution in [2.24, 2.45) is 5.73 Å². The van der Waals surface area contributed by atoms with Gasteiger partial charge in [0.15, 0.2) is 0 Å². The van der Waals surface area contributed by atoms with Crippen LogP contribution in [0.1, 0.15) is 25.0 Å². The lowest BCUT2D eigenvalue weighted by Gasteiger charge is -2.09. The number of fused-ring (bicyclic) bond motifs is 1. The molecule has 1 fully saturated rings. The Bertz CT molecular complexity index is 449. The Hall–Kier alpha value is -1.35. The average Bonchev–Trinajstić information content (AvgIpc) is 2.91. The zero-order valence-corrected chi connectivity index (χ0v) is 8.69. The smallest absolute Gasteiger partial charge is 0.136 e. The van der Waals surface area contributed by atoms with E-state index < -0.39 is 0 Å². The molecule has 0 atom stereocenters. The van der Waals surface area contributed by atoms with Crippen LogP contribution in [0.5, 0.6) is 0 Å². The van der Waals surface area contributed by atoms with Gasteiger partial charge in [-0.25, -0.2) is 4.98 Å². The number of aromatic nitrogens is 2. The van der Waals surface area contributed by atoms with Crippen LogP contribution in [0.25, 0.3) is 5.65 Å². The van der Waals surface area contributed by atoms with Crippen LogP contribution in [0.4, 0.5) is 0 Å². The minimum absolute atomic E-state index is 0.306. The molecule has 3 heteroatoms. The lowest BCUT2D eigenvalue weighted by atomic mass is 9.99. The highest BCUT2D eigenvalue weighted by molar-refractivity contribution is 5.42. The number of rotatable bonds is 3. The Morgan fingerprint density at radius 2 is 2.27 bits per heavy atom. The summed E-state index contributed by atoms with van der Waals surface area (Å²) in [5.74, 6) is 0. The van der Waals surface area contributed by atoms with Gasteiger partial charge in [-0.15, -0.1) is 0 Å². The third-order valence-corrected chi connectivity index (χ3v) is 3.38. The van der Waals surface area contributed by atoms with E-state index in [-0.39, 0.29) is 0 Å². The topological polar surface area (TPSA) is 43.3 Å². The molecule has 1 saturated carbocycles. The molecule has 78 valence electrons. The molecule has 2 aromatic heterocycles. The van der Waals surface area contributed by atoms with E-state index in [1.54, 1.807) is 0 Å². The molecule has 0 spiro atoms. The maximum absolute atomic E-state index is 5.65. The minimum atomic E-state index is 0.306. The molecule has 2 aromatic rings. The normalized spacial score (nSPS) is 18.2. The molecule has 0 aromatic carbocycles. The first kappa shape index (κ1) is 8.92. The van der Waals surface area contributed by atoms with Gasteiger partial charge in [0.1, 0.15) is 5.65 Å². The summed E-state index contributed by atoms with van der Waals surface area (Å²) in [5, 5.41) is 0. The zero-order chi connectivity index (χ0) is 10.3. The molecule has 2 heterocycles. The number of hydrogen-bond acceptors (Lipinski definition) is 2. The van der Waals surface area contributed by atoms with Crippen LogP contribution in [0, 0.1) is 0 Å². The standard InChI is InChI=1S/C12H15N3/c13-7-6-12(4-5-12)10-9-15-8-2-1-3-11(15)14-10/h1-3,8-9H,4-7,13H2. The van der Waals surface area contributed by atoms with Crippen molar-refractivity contribution in [1.82, 2.24) is 9.38 Å². The predicted molar refractivity (Wildman–Crippen MR) is 59.8 cm³/mol. The van der Waals surface area contributed by atoms with Crippen LogP contribution >= 0.6 is 0 Å². The van der Waals surface area contributed by atoms with E-state index in [4.69, 9.17) is 5.73 Å². The number of pyridine rings is 1. The van der Waals surface area contributed by atoms with E-state index in [0.717, 1.165) is 18.6 Å². The lowest BCUT2D eigenvalue weighted by molar-refractivity contribution is 0.614. The molecule has 3 nitrogen and oxygen atoms in total. The summed E-state index contributed by atoms with van der Waals surface area (Å²) in [7, 11) is 0. The number of nitrogens with two attached hydrogens (primary N) is 1. The Balaban J connectivity index is 2.05. The molecular formula is C12H15N3. The fourth-order valence-electron chi connectivity index (χ4n) is 2.25. The third kappa shape index (κ3) is 1.35. The molecule has 1 aliphatic carbocycles. The van der Waals surface area contributed by atoms with E-state index in [1.165, 1.54) is 18.5 Å². The van der Waals surface area contributed by atoms with Crippen LogP contribution < -0.4 is 5.73 Å². The van der Waals surface area contributed by atoms with Crippen molar-refractivity contribution in [1.29, 1.82) is 0 Å². The first-order valence-electron chi connectivity index (χ1n) is 5.48. The highest BCUT2D eigenvalue weighted by Crippen LogP contribution is 2.50. The Morgan fingerprint density at radius 3 is 2.93 bits per heavy atom. The van der Waals surface area contributed by atoms with Crippen LogP contribution in [0.15, 0.2) is 30.6 Å². The van der Waals surface area contributed by atoms with Gasteiger partial charge in [0.05, 0.1) is 5.69 Å². The summed E-state index contributed by atoms with van der Waals surface area (Å²) in [6.45, 7) is 0.758. The second-order valence-electron chi connectivity index (χ2n) is 4.41. The van der Waals surface area contributed by atoms with Gasteiger partial charge in [-0.2, -0.15) is 0 Å². The Labute approximate surface area is 88.9 Å². The lowest BCUT2D eigenvalue weighted by Crippen LogP contribution is -2.13. The first-order valence-corrected chi connectivity index (χ1v) is 5.48. The van der Waals surface area contributed by atoms with Gasteiger partial charge >= 0.3 is 0 Å². The fraction of sp³-hybridized carbons (Fsp3) is 0.417. The van der Waals surface area contributed by atoms with Gasteiger partial charge in [-0.05, 0) is 37.9 Å². The van der Waals surface area contributed by atoms with Crippen molar-refractivity contribution in [2.45, 2.75) is 24.7 Å². The van der Waals surface area contributed by atoms with Crippen molar-refractivity contribution in [3.05, 3.63) is 36.3 Å². The third-order valence-electron chi connectivity index (χ3n) is 3.38. The molecule has 0 bridgehead atoms. The van der Waals surface area contributed by atoms with Crippen LogP contribution in [-0.4, -0.2) is 15.9 Å². The summed E-state index contributed by atoms with van der Waals surface area (Å²) < 4.78 is 2.09. The van der Waals surface area contributed by atoms with Crippen LogP contribution in [0.3, 0.4) is 0 Å². The van der Waals surface area contributed by atoms with Gasteiger partial charge in [0.2, 0.25) is 0 Å². The number of hydrogen-bond donors (Lipinski definition) is 1. The summed E-state index contributed by atoms with van der Waals surface area (Å²) in [5.41, 5.74) is 8.22. The van der Waals surface area contributed by atoms with Crippen LogP contribution in [0.2, 0.25) is 0 Å². The zero-order valence-electron chi connectivity index (χ0n) is 8.69. The quantitative estimate of drug-likeness (QED) is 0.821. The molecule has 0 aliphatic heterocycles. The summed E-state index contributed by atoms with van der Waals surface area (Å²) in [6.07, 6.45) is 7.75. The first-order chi connectivity index (χ1) is 7.34. The van der Waals surface area contributed by atoms with E-state index in [1.807, 2.05) is 24.4 Å². The Kier molecular flexibility index (Phi) is 1.83. The summed E-state index contributed by atoms with van der Waals surface area (Å²) in [4.78, 5) is 4.67. The van der Waals surface area contributed by atoms with Gasteiger partial charge in [-0.3, -0.25) is 0 Å². The van der Waals surface area contributed by atoms with Crippen LogP contribution in [-0.2, 0) is 5.41 Å². The van der Waals surface area contributed by atoms with Crippen molar-refractivity contribution < 1.29 is 0 Å². The highest BCUT2D eigenvalue weighted by Gasteiger charge is 2.45. The molecular weight excluding hydrogens is 186 g/mol. The molecule has 15 heavy (non-hydrogen) atoms. The molecule has 3 rings (SSSR count). The molecule has 2 N–H and O–H groups in total. The maximum atomic E-state index is 5.65. The fourth-order valence-corrected chi connectivity index (χ4v) is 2.25. The van der Waals surface area contributed by atoms with Crippen molar-refractivity contribution in [2.75, 3.05) is 6.54 Å². The van der Waals surface area contributed by atoms with Gasteiger partial charge < -0.3 is 10.1 Å². The molecule has 0 saturated heterocycles. The van der Waals surface area contributed by atoms with E-state index in [2.05, 4.69) is 15.6 Å². The second kappa shape index (κ2) is 3.07. The molecule has 0 amide bonds. The van der Waals surface area contributed by atoms with E-state index >= 15 is 0 Å². The van der Waals surface area contributed by atoms with Crippen molar-refractivity contribution in [3.63, 3.8) is 0 Å². The van der Waals surface area contributed by atoms with Gasteiger partial charge in [-0.1, -0.05) is 6.07 Å². The Morgan fingerprint density at radius 1 is 1.40 bits per heavy atom. The summed E-state index contributed by atoms with van der Waals surface area (Å²) >= 11 is 0. The molecule has 0 unspecified atom stereocenters. The van der Waals surface area contributed by atoms with E-state index in [0.29, 0.717) is 5.41 Å². The second-order valence-corrected chi connectivity index (χ2v) is 4.41. The van der Waals surface area contributed by atoms with E-state index in [9.17, 15) is 0 Å². The van der Waals surface area contributed by atoms with Crippen molar-refractivity contribution in [3.8, 4) is 0 Å². The number of imidazole rings is 1. The maximum Gasteiger partial charge on any atom is 0.136 e. The molecule has 1 aliphatic rings. The summed E-state index contributed by atoms with van der Waals surface area (Å²) in [6, 6.07) is 6.09. The van der Waals surface area contributed by atoms with Gasteiger partial charge in [0, 0.05) is 17.8 Å². The molecule has 0 radical (unpaired) electrons. The number of nitrogens with zero attached hydrogens (tertiary/aromatic N) is 2. The average molecular weight is 201 g/mol. The highest BCUT2D eigenvalue weighted by atomic mass is 15.0. The minimum Gasteiger partial charge on any atom is -0.330 e. The van der Waals surface area contributed by atoms with Crippen molar-refractivity contribution >= 4 is 5.65 Å². The SMILES string of the molecule is NCCC1(c2cn3ccccc3n2)CC1.